The summed E-state index contributed by atoms with van der Waals surface area (Å²) in [6, 6.07) is 0. The van der Waals surface area contributed by atoms with Gasteiger partial charge in [-0.25, -0.2) is 9.98 Å². The second kappa shape index (κ2) is 3.93. The van der Waals surface area contributed by atoms with Gasteiger partial charge in [0.1, 0.15) is 0 Å². The van der Waals surface area contributed by atoms with Crippen molar-refractivity contribution in [3.05, 3.63) is 0 Å². The van der Waals surface area contributed by atoms with E-state index in [0.717, 1.165) is 18.8 Å². The summed E-state index contributed by atoms with van der Waals surface area (Å²) in [5.41, 5.74) is 17.5. The van der Waals surface area contributed by atoms with Crippen LogP contribution in [0.15, 0.2) is 9.98 Å². The second-order valence-corrected chi connectivity index (χ2v) is 4.86. The average Bonchev–Trinajstić information content (AvgIpc) is 2.16. The van der Waals surface area contributed by atoms with Gasteiger partial charge in [0.2, 0.25) is 5.79 Å². The molecule has 0 saturated heterocycles. The highest BCUT2D eigenvalue weighted by Crippen LogP contribution is 2.36. The van der Waals surface area contributed by atoms with Crippen LogP contribution in [0, 0.1) is 11.8 Å². The van der Waals surface area contributed by atoms with Crippen molar-refractivity contribution >= 4 is 11.9 Å². The van der Waals surface area contributed by atoms with Crippen LogP contribution in [-0.2, 0) is 0 Å². The monoisotopic (exact) mass is 224 g/mol. The predicted octanol–water partition coefficient (Wildman–Crippen LogP) is -0.342. The lowest BCUT2D eigenvalue weighted by Crippen LogP contribution is -2.56. The molecule has 1 fully saturated rings. The molecule has 2 rings (SSSR count). The van der Waals surface area contributed by atoms with E-state index in [1.54, 1.807) is 0 Å². The molecule has 90 valence electrons. The van der Waals surface area contributed by atoms with Crippen LogP contribution < -0.4 is 22.5 Å². The molecular weight excluding hydrogens is 204 g/mol. The summed E-state index contributed by atoms with van der Waals surface area (Å²) in [5, 5.41) is 2.66. The van der Waals surface area contributed by atoms with Gasteiger partial charge in [-0.15, -0.1) is 0 Å². The van der Waals surface area contributed by atoms with Gasteiger partial charge in [-0.05, 0) is 18.8 Å². The number of aliphatic imine (C=N–C) groups is 2. The maximum atomic E-state index is 6.19. The molecule has 0 aromatic carbocycles. The van der Waals surface area contributed by atoms with E-state index >= 15 is 0 Å². The van der Waals surface area contributed by atoms with Gasteiger partial charge in [-0.2, -0.15) is 0 Å². The van der Waals surface area contributed by atoms with Crippen LogP contribution in [0.25, 0.3) is 0 Å². The van der Waals surface area contributed by atoms with Crippen molar-refractivity contribution < 1.29 is 0 Å². The number of nitrogens with zero attached hydrogens (tertiary/aromatic N) is 2. The lowest BCUT2D eigenvalue weighted by molar-refractivity contribution is 0.189. The molecule has 0 amide bonds. The van der Waals surface area contributed by atoms with Gasteiger partial charge in [0, 0.05) is 5.92 Å². The maximum absolute atomic E-state index is 6.19. The van der Waals surface area contributed by atoms with E-state index in [-0.39, 0.29) is 17.8 Å². The van der Waals surface area contributed by atoms with Gasteiger partial charge in [0.15, 0.2) is 11.9 Å². The highest BCUT2D eigenvalue weighted by Gasteiger charge is 2.38. The van der Waals surface area contributed by atoms with E-state index in [0.29, 0.717) is 0 Å². The van der Waals surface area contributed by atoms with E-state index in [2.05, 4.69) is 22.2 Å². The molecule has 0 radical (unpaired) electrons. The molecule has 6 nitrogen and oxygen atoms in total. The van der Waals surface area contributed by atoms with Gasteiger partial charge in [-0.3, -0.25) is 11.1 Å². The van der Waals surface area contributed by atoms with Crippen molar-refractivity contribution in [1.82, 2.24) is 5.32 Å². The topological polar surface area (TPSA) is 115 Å². The third kappa shape index (κ3) is 2.11. The first-order valence-corrected chi connectivity index (χ1v) is 5.76. The minimum atomic E-state index is -0.959. The van der Waals surface area contributed by atoms with Crippen LogP contribution >= 0.6 is 0 Å². The first kappa shape index (κ1) is 11.2. The van der Waals surface area contributed by atoms with Crippen LogP contribution in [0.1, 0.15) is 32.6 Å². The number of rotatable bonds is 1. The number of hydrogen-bond acceptors (Lipinski definition) is 6. The Morgan fingerprint density at radius 1 is 1.12 bits per heavy atom. The Labute approximate surface area is 95.4 Å². The predicted molar refractivity (Wildman–Crippen MR) is 64.4 cm³/mol. The summed E-state index contributed by atoms with van der Waals surface area (Å²) in [5.74, 6) is 0.564. The number of nitrogens with one attached hydrogen (secondary N) is 1. The third-order valence-corrected chi connectivity index (χ3v) is 3.47. The zero-order valence-electron chi connectivity index (χ0n) is 9.61. The molecule has 0 atom stereocenters. The van der Waals surface area contributed by atoms with Gasteiger partial charge in [0.05, 0.1) is 0 Å². The fourth-order valence-corrected chi connectivity index (χ4v) is 2.47. The van der Waals surface area contributed by atoms with E-state index in [1.807, 2.05) is 0 Å². The van der Waals surface area contributed by atoms with Gasteiger partial charge in [0.25, 0.3) is 0 Å². The maximum Gasteiger partial charge on any atom is 0.212 e. The van der Waals surface area contributed by atoms with E-state index in [4.69, 9.17) is 17.2 Å². The Hall–Kier alpha value is -1.30. The lowest BCUT2D eigenvalue weighted by atomic mass is 9.79. The first-order chi connectivity index (χ1) is 7.49. The summed E-state index contributed by atoms with van der Waals surface area (Å²) in [6.45, 7) is 2.26. The Bertz CT molecular complexity index is 308. The summed E-state index contributed by atoms with van der Waals surface area (Å²) in [4.78, 5) is 8.41. The van der Waals surface area contributed by atoms with Crippen molar-refractivity contribution in [2.24, 2.45) is 39.0 Å². The normalized spacial score (nSPS) is 33.6. The van der Waals surface area contributed by atoms with Gasteiger partial charge in [-0.1, -0.05) is 19.8 Å². The van der Waals surface area contributed by atoms with Gasteiger partial charge < -0.3 is 11.5 Å². The van der Waals surface area contributed by atoms with Crippen LogP contribution in [0.3, 0.4) is 0 Å². The molecule has 1 saturated carbocycles. The summed E-state index contributed by atoms with van der Waals surface area (Å²) in [7, 11) is 0. The van der Waals surface area contributed by atoms with Crippen molar-refractivity contribution in [2.75, 3.05) is 0 Å². The molecule has 6 heteroatoms. The van der Waals surface area contributed by atoms with Crippen LogP contribution in [0.4, 0.5) is 0 Å². The van der Waals surface area contributed by atoms with Crippen molar-refractivity contribution in [2.45, 2.75) is 38.4 Å². The molecular formula is C10H20N6. The van der Waals surface area contributed by atoms with Crippen LogP contribution in [-0.4, -0.2) is 17.7 Å². The Kier molecular flexibility index (Phi) is 2.75. The zero-order valence-corrected chi connectivity index (χ0v) is 9.61. The highest BCUT2D eigenvalue weighted by atomic mass is 15.4. The molecule has 1 aliphatic heterocycles. The molecule has 1 heterocycles. The Morgan fingerprint density at radius 2 is 1.62 bits per heavy atom. The molecule has 0 bridgehead atoms. The molecule has 2 aliphatic rings. The molecule has 0 aromatic rings. The van der Waals surface area contributed by atoms with Crippen LogP contribution in [0.2, 0.25) is 0 Å². The fourth-order valence-electron chi connectivity index (χ4n) is 2.47. The highest BCUT2D eigenvalue weighted by molar-refractivity contribution is 5.98. The quantitative estimate of drug-likeness (QED) is 0.487. The molecule has 0 unspecified atom stereocenters. The zero-order chi connectivity index (χ0) is 11.8. The summed E-state index contributed by atoms with van der Waals surface area (Å²) < 4.78 is 0. The van der Waals surface area contributed by atoms with Crippen molar-refractivity contribution in [1.29, 1.82) is 0 Å². The van der Waals surface area contributed by atoms with Crippen LogP contribution in [0.5, 0.6) is 0 Å². The molecule has 0 spiro atoms. The number of guanidine groups is 2. The first-order valence-electron chi connectivity index (χ1n) is 5.76. The second-order valence-electron chi connectivity index (χ2n) is 4.86. The largest absolute Gasteiger partial charge is 0.370 e. The summed E-state index contributed by atoms with van der Waals surface area (Å²) >= 11 is 0. The molecule has 16 heavy (non-hydrogen) atoms. The Balaban J connectivity index is 2.15. The third-order valence-electron chi connectivity index (χ3n) is 3.47. The minimum Gasteiger partial charge on any atom is -0.370 e. The van der Waals surface area contributed by atoms with Crippen molar-refractivity contribution in [3.63, 3.8) is 0 Å². The lowest BCUT2D eigenvalue weighted by Gasteiger charge is -2.37. The van der Waals surface area contributed by atoms with E-state index < -0.39 is 5.79 Å². The van der Waals surface area contributed by atoms with E-state index in [1.165, 1.54) is 12.8 Å². The van der Waals surface area contributed by atoms with Crippen molar-refractivity contribution in [3.8, 4) is 0 Å². The minimum absolute atomic E-state index is 0.239. The average molecular weight is 224 g/mol. The number of nitrogens with two attached hydrogens (primary N) is 3. The van der Waals surface area contributed by atoms with Gasteiger partial charge >= 0.3 is 0 Å². The number of hydrogen-bond donors (Lipinski definition) is 4. The van der Waals surface area contributed by atoms with E-state index in [9.17, 15) is 0 Å². The SMILES string of the molecule is CC1CCC(C2(N)N=C(N)NC(N)=N2)CC1. The molecule has 0 aromatic heterocycles. The molecule has 7 N–H and O–H groups in total. The fraction of sp³-hybridized carbons (Fsp3) is 0.800. The molecule has 1 aliphatic carbocycles. The summed E-state index contributed by atoms with van der Waals surface area (Å²) in [6.07, 6.45) is 4.40. The Morgan fingerprint density at radius 3 is 2.12 bits per heavy atom. The standard InChI is InChI=1S/C10H20N6/c1-6-2-4-7(5-3-6)10(13)15-8(11)14-9(12)16-10/h6-7H,2-5,13H2,1H3,(H5,11,12,14,15,16). The smallest absolute Gasteiger partial charge is 0.212 e.